The fourth-order valence-corrected chi connectivity index (χ4v) is 5.81. The number of hydrogen-bond donors (Lipinski definition) is 1. The molecule has 4 rings (SSSR count). The molecule has 0 saturated carbocycles. The van der Waals surface area contributed by atoms with Gasteiger partial charge in [-0.05, 0) is 49.2 Å². The third-order valence-corrected chi connectivity index (χ3v) is 7.91. The maximum Gasteiger partial charge on any atom is 0.243 e. The van der Waals surface area contributed by atoms with E-state index in [1.54, 1.807) is 29.6 Å². The summed E-state index contributed by atoms with van der Waals surface area (Å²) in [7, 11) is -3.50. The highest BCUT2D eigenvalue weighted by atomic mass is 32.2. The zero-order valence-electron chi connectivity index (χ0n) is 16.8. The molecule has 162 valence electrons. The number of benzene rings is 2. The van der Waals surface area contributed by atoms with Gasteiger partial charge in [-0.2, -0.15) is 4.31 Å². The van der Waals surface area contributed by atoms with E-state index in [-0.39, 0.29) is 23.0 Å². The summed E-state index contributed by atoms with van der Waals surface area (Å²) in [6.45, 7) is 1.10. The predicted molar refractivity (Wildman–Crippen MR) is 119 cm³/mol. The normalized spacial score (nSPS) is 15.0. The Morgan fingerprint density at radius 3 is 2.55 bits per heavy atom. The molecule has 3 aromatic rings. The van der Waals surface area contributed by atoms with Crippen molar-refractivity contribution in [3.8, 4) is 10.6 Å². The lowest BCUT2D eigenvalue weighted by Gasteiger charge is -2.25. The van der Waals surface area contributed by atoms with Crippen molar-refractivity contribution in [2.45, 2.75) is 30.6 Å². The topological polar surface area (TPSA) is 79.4 Å². The van der Waals surface area contributed by atoms with Crippen LogP contribution in [0.15, 0.2) is 58.8 Å². The first-order valence-corrected chi connectivity index (χ1v) is 12.3. The van der Waals surface area contributed by atoms with Gasteiger partial charge in [-0.3, -0.25) is 4.79 Å². The highest BCUT2D eigenvalue weighted by Crippen LogP contribution is 2.25. The lowest BCUT2D eigenvalue weighted by molar-refractivity contribution is -0.115. The van der Waals surface area contributed by atoms with Crippen LogP contribution < -0.4 is 5.32 Å². The zero-order chi connectivity index (χ0) is 21.8. The molecular formula is C22H22FN3O3S2. The van der Waals surface area contributed by atoms with Gasteiger partial charge in [0.25, 0.3) is 0 Å². The molecule has 1 aliphatic heterocycles. The molecule has 1 aliphatic rings. The number of halogens is 1. The number of hydrogen-bond acceptors (Lipinski definition) is 5. The Hall–Kier alpha value is -2.62. The first-order valence-electron chi connectivity index (χ1n) is 10.0. The van der Waals surface area contributed by atoms with Crippen LogP contribution in [0.4, 0.5) is 10.1 Å². The predicted octanol–water partition coefficient (Wildman–Crippen LogP) is 4.31. The summed E-state index contributed by atoms with van der Waals surface area (Å²) in [6.07, 6.45) is 2.88. The van der Waals surface area contributed by atoms with Crippen molar-refractivity contribution in [1.29, 1.82) is 0 Å². The van der Waals surface area contributed by atoms with Gasteiger partial charge in [-0.1, -0.05) is 18.6 Å². The lowest BCUT2D eigenvalue weighted by Crippen LogP contribution is -2.35. The standard InChI is InChI=1S/C22H22FN3O3S2/c23-17-6-4-5-16(13-17)22-25-19(15-30-22)14-21(27)24-18-7-9-20(10-8-18)31(28,29)26-11-2-1-3-12-26/h4-10,13,15H,1-3,11-12,14H2,(H,24,27). The van der Waals surface area contributed by atoms with Crippen LogP contribution in [0.5, 0.6) is 0 Å². The third-order valence-electron chi connectivity index (χ3n) is 5.06. The Morgan fingerprint density at radius 1 is 1.10 bits per heavy atom. The molecule has 2 heterocycles. The molecular weight excluding hydrogens is 437 g/mol. The molecule has 1 amide bonds. The minimum absolute atomic E-state index is 0.0691. The molecule has 0 bridgehead atoms. The number of nitrogens with zero attached hydrogens (tertiary/aromatic N) is 2. The second-order valence-electron chi connectivity index (χ2n) is 7.37. The maximum absolute atomic E-state index is 13.4. The van der Waals surface area contributed by atoms with Gasteiger partial charge in [0.15, 0.2) is 0 Å². The Labute approximate surface area is 184 Å². The van der Waals surface area contributed by atoms with E-state index in [9.17, 15) is 17.6 Å². The summed E-state index contributed by atoms with van der Waals surface area (Å²) in [6, 6.07) is 12.4. The second-order valence-corrected chi connectivity index (χ2v) is 10.2. The maximum atomic E-state index is 13.4. The highest BCUT2D eigenvalue weighted by Gasteiger charge is 2.25. The molecule has 0 atom stereocenters. The van der Waals surface area contributed by atoms with E-state index in [1.165, 1.54) is 39.9 Å². The van der Waals surface area contributed by atoms with Gasteiger partial charge < -0.3 is 5.32 Å². The van der Waals surface area contributed by atoms with E-state index < -0.39 is 10.0 Å². The molecule has 1 fully saturated rings. The van der Waals surface area contributed by atoms with Crippen molar-refractivity contribution in [2.75, 3.05) is 18.4 Å². The van der Waals surface area contributed by atoms with Crippen molar-refractivity contribution < 1.29 is 17.6 Å². The number of piperidine rings is 1. The number of nitrogens with one attached hydrogen (secondary N) is 1. The SMILES string of the molecule is O=C(Cc1csc(-c2cccc(F)c2)n1)Nc1ccc(S(=O)(=O)N2CCCCC2)cc1. The van der Waals surface area contributed by atoms with Crippen LogP contribution >= 0.6 is 11.3 Å². The molecule has 1 saturated heterocycles. The molecule has 0 aliphatic carbocycles. The van der Waals surface area contributed by atoms with Gasteiger partial charge in [0.2, 0.25) is 15.9 Å². The van der Waals surface area contributed by atoms with Gasteiger partial charge in [-0.15, -0.1) is 11.3 Å². The number of carbonyl (C=O) groups is 1. The van der Waals surface area contributed by atoms with Crippen LogP contribution in [0, 0.1) is 5.82 Å². The monoisotopic (exact) mass is 459 g/mol. The van der Waals surface area contributed by atoms with Gasteiger partial charge in [-0.25, -0.2) is 17.8 Å². The van der Waals surface area contributed by atoms with Crippen LogP contribution in [-0.4, -0.2) is 36.7 Å². The molecule has 31 heavy (non-hydrogen) atoms. The van der Waals surface area contributed by atoms with Crippen LogP contribution in [-0.2, 0) is 21.2 Å². The van der Waals surface area contributed by atoms with Gasteiger partial charge in [0.1, 0.15) is 10.8 Å². The number of amides is 1. The summed E-state index contributed by atoms with van der Waals surface area (Å²) >= 11 is 1.35. The van der Waals surface area contributed by atoms with Crippen molar-refractivity contribution in [1.82, 2.24) is 9.29 Å². The van der Waals surface area contributed by atoms with E-state index >= 15 is 0 Å². The minimum Gasteiger partial charge on any atom is -0.326 e. The first-order chi connectivity index (χ1) is 14.9. The Balaban J connectivity index is 1.38. The first kappa shape index (κ1) is 21.6. The fourth-order valence-electron chi connectivity index (χ4n) is 3.48. The average molecular weight is 460 g/mol. The van der Waals surface area contributed by atoms with E-state index in [4.69, 9.17) is 0 Å². The van der Waals surface area contributed by atoms with Crippen molar-refractivity contribution in [3.05, 3.63) is 65.4 Å². The third kappa shape index (κ3) is 5.17. The van der Waals surface area contributed by atoms with E-state index in [2.05, 4.69) is 10.3 Å². The van der Waals surface area contributed by atoms with Gasteiger partial charge >= 0.3 is 0 Å². The number of anilines is 1. The minimum atomic E-state index is -3.50. The number of thiazole rings is 1. The molecule has 6 nitrogen and oxygen atoms in total. The smallest absolute Gasteiger partial charge is 0.243 e. The summed E-state index contributed by atoms with van der Waals surface area (Å²) in [5.74, 6) is -0.597. The van der Waals surface area contributed by atoms with E-state index in [0.717, 1.165) is 19.3 Å². The van der Waals surface area contributed by atoms with Crippen molar-refractivity contribution in [2.24, 2.45) is 0 Å². The summed E-state index contributed by atoms with van der Waals surface area (Å²) in [5, 5.41) is 5.18. The van der Waals surface area contributed by atoms with Gasteiger partial charge in [0, 0.05) is 29.7 Å². The largest absolute Gasteiger partial charge is 0.326 e. The zero-order valence-corrected chi connectivity index (χ0v) is 18.4. The average Bonchev–Trinajstić information content (AvgIpc) is 3.23. The van der Waals surface area contributed by atoms with Crippen LogP contribution in [0.3, 0.4) is 0 Å². The van der Waals surface area contributed by atoms with E-state index in [1.807, 2.05) is 0 Å². The Bertz CT molecular complexity index is 1170. The Kier molecular flexibility index (Phi) is 6.45. The molecule has 2 aromatic carbocycles. The lowest BCUT2D eigenvalue weighted by atomic mass is 10.2. The number of aromatic nitrogens is 1. The fraction of sp³-hybridized carbons (Fsp3) is 0.273. The van der Waals surface area contributed by atoms with Gasteiger partial charge in [0.05, 0.1) is 17.0 Å². The van der Waals surface area contributed by atoms with Crippen LogP contribution in [0.2, 0.25) is 0 Å². The number of sulfonamides is 1. The summed E-state index contributed by atoms with van der Waals surface area (Å²) < 4.78 is 40.3. The van der Waals surface area contributed by atoms with Crippen LogP contribution in [0.25, 0.3) is 10.6 Å². The second kappa shape index (κ2) is 9.25. The number of rotatable bonds is 6. The highest BCUT2D eigenvalue weighted by molar-refractivity contribution is 7.89. The van der Waals surface area contributed by atoms with E-state index in [0.29, 0.717) is 35.0 Å². The number of carbonyl (C=O) groups excluding carboxylic acids is 1. The molecule has 9 heteroatoms. The van der Waals surface area contributed by atoms with Crippen LogP contribution in [0.1, 0.15) is 25.0 Å². The van der Waals surface area contributed by atoms with Crippen molar-refractivity contribution >= 4 is 33.0 Å². The molecule has 1 N–H and O–H groups in total. The summed E-state index contributed by atoms with van der Waals surface area (Å²) in [5.41, 5.74) is 1.77. The molecule has 1 aromatic heterocycles. The Morgan fingerprint density at radius 2 is 1.84 bits per heavy atom. The molecule has 0 radical (unpaired) electrons. The van der Waals surface area contributed by atoms with Crippen molar-refractivity contribution in [3.63, 3.8) is 0 Å². The summed E-state index contributed by atoms with van der Waals surface area (Å²) in [4.78, 5) is 17.0. The molecule has 0 unspecified atom stereocenters. The quantitative estimate of drug-likeness (QED) is 0.596. The molecule has 0 spiro atoms.